The fourth-order valence-electron chi connectivity index (χ4n) is 1.41. The van der Waals surface area contributed by atoms with Crippen LogP contribution in [0.2, 0.25) is 10.0 Å². The molecule has 2 aromatic rings. The maximum atomic E-state index is 5.92. The number of aromatic nitrogens is 1. The number of hydrogen-bond donors (Lipinski definition) is 1. The molecule has 1 heterocycles. The predicted octanol–water partition coefficient (Wildman–Crippen LogP) is 4.23. The predicted molar refractivity (Wildman–Crippen MR) is 76.8 cm³/mol. The first kappa shape index (κ1) is 13.5. The molecule has 0 atom stereocenters. The third-order valence-electron chi connectivity index (χ3n) is 2.48. The molecule has 2 N–H and O–H groups in total. The number of hydrogen-bond acceptors (Lipinski definition) is 4. The zero-order valence-electron chi connectivity index (χ0n) is 9.96. The zero-order chi connectivity index (χ0) is 13.3. The van der Waals surface area contributed by atoms with E-state index in [2.05, 4.69) is 4.98 Å². The second-order valence-electron chi connectivity index (χ2n) is 3.84. The molecule has 0 aliphatic rings. The van der Waals surface area contributed by atoms with Crippen molar-refractivity contribution in [2.75, 3.05) is 5.73 Å². The number of halogens is 2. The smallest absolute Gasteiger partial charge is 0.144 e. The summed E-state index contributed by atoms with van der Waals surface area (Å²) in [6, 6.07) is 3.20. The number of nitrogens with two attached hydrogens (primary N) is 1. The molecule has 2 rings (SSSR count). The molecule has 96 valence electrons. The highest BCUT2D eigenvalue weighted by Crippen LogP contribution is 2.33. The Morgan fingerprint density at radius 2 is 1.94 bits per heavy atom. The van der Waals surface area contributed by atoms with Crippen LogP contribution >= 0.6 is 34.5 Å². The molecular formula is C12H12Cl2N2OS. The van der Waals surface area contributed by atoms with E-state index in [9.17, 15) is 0 Å². The van der Waals surface area contributed by atoms with Crippen molar-refractivity contribution in [2.24, 2.45) is 0 Å². The van der Waals surface area contributed by atoms with Crippen LogP contribution in [0.15, 0.2) is 12.1 Å². The Balaban J connectivity index is 2.13. The van der Waals surface area contributed by atoms with Crippen molar-refractivity contribution in [2.45, 2.75) is 20.5 Å². The minimum Gasteiger partial charge on any atom is -0.484 e. The van der Waals surface area contributed by atoms with E-state index in [0.29, 0.717) is 28.1 Å². The minimum atomic E-state index is 0.376. The molecule has 0 amide bonds. The molecule has 0 bridgehead atoms. The van der Waals surface area contributed by atoms with Crippen molar-refractivity contribution < 1.29 is 4.74 Å². The summed E-state index contributed by atoms with van der Waals surface area (Å²) < 4.78 is 5.61. The average Bonchev–Trinajstić information content (AvgIpc) is 2.62. The van der Waals surface area contributed by atoms with Gasteiger partial charge in [0, 0.05) is 10.9 Å². The number of thiazole rings is 1. The van der Waals surface area contributed by atoms with Crippen LogP contribution < -0.4 is 10.5 Å². The highest BCUT2D eigenvalue weighted by Gasteiger charge is 2.08. The number of aryl methyl sites for hydroxylation is 2. The first-order chi connectivity index (χ1) is 8.47. The topological polar surface area (TPSA) is 48.1 Å². The molecule has 1 aromatic carbocycles. The number of benzene rings is 1. The van der Waals surface area contributed by atoms with E-state index in [4.69, 9.17) is 33.7 Å². The number of anilines is 1. The molecule has 0 saturated carbocycles. The summed E-state index contributed by atoms with van der Waals surface area (Å²) in [4.78, 5) is 5.58. The van der Waals surface area contributed by atoms with Gasteiger partial charge < -0.3 is 10.5 Å². The normalized spacial score (nSPS) is 10.7. The van der Waals surface area contributed by atoms with Gasteiger partial charge in [0.1, 0.15) is 17.4 Å². The van der Waals surface area contributed by atoms with Crippen LogP contribution in [-0.2, 0) is 6.61 Å². The van der Waals surface area contributed by atoms with Crippen molar-refractivity contribution in [3.8, 4) is 5.75 Å². The average molecular weight is 303 g/mol. The summed E-state index contributed by atoms with van der Waals surface area (Å²) in [5.74, 6) is 0.523. The van der Waals surface area contributed by atoms with E-state index < -0.39 is 0 Å². The minimum absolute atomic E-state index is 0.376. The lowest BCUT2D eigenvalue weighted by Crippen LogP contribution is -1.98. The van der Waals surface area contributed by atoms with Crippen LogP contribution in [0.25, 0.3) is 0 Å². The van der Waals surface area contributed by atoms with Gasteiger partial charge in [-0.1, -0.05) is 23.2 Å². The molecule has 0 unspecified atom stereocenters. The first-order valence-electron chi connectivity index (χ1n) is 5.27. The van der Waals surface area contributed by atoms with E-state index in [1.165, 1.54) is 4.88 Å². The van der Waals surface area contributed by atoms with Crippen LogP contribution in [0.3, 0.4) is 0 Å². The molecule has 18 heavy (non-hydrogen) atoms. The standard InChI is InChI=1S/C12H12Cl2N2OS/c1-6-7(2)18-12(16-6)5-17-11-4-9(14)8(13)3-10(11)15/h3-4H,5,15H2,1-2H3. The summed E-state index contributed by atoms with van der Waals surface area (Å²) in [5, 5.41) is 1.75. The van der Waals surface area contributed by atoms with Gasteiger partial charge in [0.15, 0.2) is 0 Å². The summed E-state index contributed by atoms with van der Waals surface area (Å²) >= 11 is 13.4. The van der Waals surface area contributed by atoms with Crippen LogP contribution in [0.5, 0.6) is 5.75 Å². The largest absolute Gasteiger partial charge is 0.484 e. The van der Waals surface area contributed by atoms with Crippen molar-refractivity contribution in [3.63, 3.8) is 0 Å². The van der Waals surface area contributed by atoms with Gasteiger partial charge in [-0.3, -0.25) is 0 Å². The third kappa shape index (κ3) is 2.88. The van der Waals surface area contributed by atoms with Crippen LogP contribution in [0, 0.1) is 13.8 Å². The van der Waals surface area contributed by atoms with Crippen LogP contribution in [-0.4, -0.2) is 4.98 Å². The van der Waals surface area contributed by atoms with Crippen molar-refractivity contribution in [1.82, 2.24) is 4.98 Å². The van der Waals surface area contributed by atoms with Gasteiger partial charge in [0.05, 0.1) is 21.4 Å². The highest BCUT2D eigenvalue weighted by atomic mass is 35.5. The number of ether oxygens (including phenoxy) is 1. The first-order valence-corrected chi connectivity index (χ1v) is 6.85. The number of nitrogen functional groups attached to an aromatic ring is 1. The zero-order valence-corrected chi connectivity index (χ0v) is 12.3. The third-order valence-corrected chi connectivity index (χ3v) is 4.25. The molecule has 0 saturated heterocycles. The SMILES string of the molecule is Cc1nc(COc2cc(Cl)c(Cl)cc2N)sc1C. The van der Waals surface area contributed by atoms with Gasteiger partial charge in [0.25, 0.3) is 0 Å². The molecule has 0 aliphatic carbocycles. The molecule has 6 heteroatoms. The molecule has 0 radical (unpaired) electrons. The Labute approximate surface area is 120 Å². The van der Waals surface area contributed by atoms with Gasteiger partial charge >= 0.3 is 0 Å². The molecule has 0 aliphatic heterocycles. The maximum Gasteiger partial charge on any atom is 0.144 e. The fraction of sp³-hybridized carbons (Fsp3) is 0.250. The van der Waals surface area contributed by atoms with Gasteiger partial charge in [0.2, 0.25) is 0 Å². The lowest BCUT2D eigenvalue weighted by molar-refractivity contribution is 0.307. The van der Waals surface area contributed by atoms with Crippen molar-refractivity contribution >= 4 is 40.2 Å². The summed E-state index contributed by atoms with van der Waals surface area (Å²) in [5.41, 5.74) is 7.30. The summed E-state index contributed by atoms with van der Waals surface area (Å²) in [7, 11) is 0. The van der Waals surface area contributed by atoms with E-state index in [1.54, 1.807) is 23.5 Å². The number of nitrogens with zero attached hydrogens (tertiary/aromatic N) is 1. The summed E-state index contributed by atoms with van der Waals surface area (Å²) in [6.45, 7) is 4.38. The van der Waals surface area contributed by atoms with E-state index >= 15 is 0 Å². The lowest BCUT2D eigenvalue weighted by atomic mass is 10.3. The lowest BCUT2D eigenvalue weighted by Gasteiger charge is -2.08. The maximum absolute atomic E-state index is 5.92. The Kier molecular flexibility index (Phi) is 4.00. The van der Waals surface area contributed by atoms with Crippen molar-refractivity contribution in [1.29, 1.82) is 0 Å². The van der Waals surface area contributed by atoms with Gasteiger partial charge in [-0.2, -0.15) is 0 Å². The quantitative estimate of drug-likeness (QED) is 0.863. The molecule has 0 spiro atoms. The summed E-state index contributed by atoms with van der Waals surface area (Å²) in [6.07, 6.45) is 0. The van der Waals surface area contributed by atoms with E-state index in [1.807, 2.05) is 13.8 Å². The monoisotopic (exact) mass is 302 g/mol. The van der Waals surface area contributed by atoms with Crippen molar-refractivity contribution in [3.05, 3.63) is 37.8 Å². The van der Waals surface area contributed by atoms with Crippen LogP contribution in [0.1, 0.15) is 15.6 Å². The van der Waals surface area contributed by atoms with Crippen LogP contribution in [0.4, 0.5) is 5.69 Å². The van der Waals surface area contributed by atoms with Gasteiger partial charge in [-0.15, -0.1) is 11.3 Å². The second kappa shape index (κ2) is 5.34. The molecule has 0 fully saturated rings. The Morgan fingerprint density at radius 3 is 2.56 bits per heavy atom. The Bertz CT molecular complexity index is 564. The molecular weight excluding hydrogens is 291 g/mol. The Morgan fingerprint density at radius 1 is 1.28 bits per heavy atom. The van der Waals surface area contributed by atoms with E-state index in [-0.39, 0.29) is 0 Å². The fourth-order valence-corrected chi connectivity index (χ4v) is 2.58. The molecule has 1 aromatic heterocycles. The molecule has 3 nitrogen and oxygen atoms in total. The van der Waals surface area contributed by atoms with Gasteiger partial charge in [-0.25, -0.2) is 4.98 Å². The second-order valence-corrected chi connectivity index (χ2v) is 5.94. The van der Waals surface area contributed by atoms with E-state index in [0.717, 1.165) is 10.7 Å². The highest BCUT2D eigenvalue weighted by molar-refractivity contribution is 7.11. The van der Waals surface area contributed by atoms with Gasteiger partial charge in [-0.05, 0) is 19.9 Å². The Hall–Kier alpha value is -0.970. The number of rotatable bonds is 3.